The minimum atomic E-state index is -0.674. The molecule has 0 aliphatic heterocycles. The number of nitrogens with one attached hydrogen (secondary N) is 1. The van der Waals surface area contributed by atoms with Crippen molar-refractivity contribution < 1.29 is 24.5 Å². The van der Waals surface area contributed by atoms with Gasteiger partial charge in [-0.2, -0.15) is 0 Å². The van der Waals surface area contributed by atoms with Gasteiger partial charge in [0.2, 0.25) is 5.91 Å². The standard InChI is InChI=1S/C61H121NO5/c1-3-5-7-9-11-13-15-17-19-20-21-22-23-24-25-26-28-29-33-37-41-45-49-53-59(64)58(57-63)62-60(65)54-50-46-42-38-34-31-32-36-40-44-48-52-56-67-61(66)55-51-47-43-39-35-30-27-18-16-14-12-10-8-6-4-2/h58-59,63-64H,3-57H2,1-2H3,(H,62,65). The molecule has 0 rings (SSSR count). The van der Waals surface area contributed by atoms with Crippen LogP contribution in [0.25, 0.3) is 0 Å². The zero-order chi connectivity index (χ0) is 48.6. The van der Waals surface area contributed by atoms with Crippen LogP contribution < -0.4 is 5.32 Å². The van der Waals surface area contributed by atoms with E-state index in [9.17, 15) is 19.8 Å². The van der Waals surface area contributed by atoms with Crippen molar-refractivity contribution >= 4 is 11.9 Å². The second-order valence-corrected chi connectivity index (χ2v) is 21.4. The highest BCUT2D eigenvalue weighted by Gasteiger charge is 2.20. The fourth-order valence-corrected chi connectivity index (χ4v) is 9.94. The molecular weight excluding hydrogens is 827 g/mol. The van der Waals surface area contributed by atoms with Crippen LogP contribution in [0.5, 0.6) is 0 Å². The Morgan fingerprint density at radius 1 is 0.358 bits per heavy atom. The number of carbonyl (C=O) groups is 2. The van der Waals surface area contributed by atoms with E-state index in [4.69, 9.17) is 4.74 Å². The van der Waals surface area contributed by atoms with Crippen LogP contribution in [0.2, 0.25) is 0 Å². The topological polar surface area (TPSA) is 95.9 Å². The van der Waals surface area contributed by atoms with Gasteiger partial charge in [0.05, 0.1) is 25.4 Å². The van der Waals surface area contributed by atoms with Crippen LogP contribution >= 0.6 is 0 Å². The summed E-state index contributed by atoms with van der Waals surface area (Å²) in [5, 5.41) is 23.4. The van der Waals surface area contributed by atoms with Gasteiger partial charge in [-0.25, -0.2) is 0 Å². The Kier molecular flexibility index (Phi) is 56.5. The minimum Gasteiger partial charge on any atom is -0.466 e. The van der Waals surface area contributed by atoms with E-state index in [1.807, 2.05) is 0 Å². The molecule has 0 aromatic heterocycles. The van der Waals surface area contributed by atoms with E-state index < -0.39 is 12.1 Å². The average Bonchev–Trinajstić information content (AvgIpc) is 3.33. The fourth-order valence-electron chi connectivity index (χ4n) is 9.94. The van der Waals surface area contributed by atoms with Gasteiger partial charge in [-0.1, -0.05) is 316 Å². The monoisotopic (exact) mass is 948 g/mol. The number of ether oxygens (including phenoxy) is 1. The molecule has 0 spiro atoms. The van der Waals surface area contributed by atoms with Crippen LogP contribution in [0.15, 0.2) is 0 Å². The molecule has 400 valence electrons. The zero-order valence-electron chi connectivity index (χ0n) is 45.7. The number of rotatable bonds is 58. The number of hydrogen-bond donors (Lipinski definition) is 3. The first kappa shape index (κ1) is 65.9. The lowest BCUT2D eigenvalue weighted by Gasteiger charge is -2.22. The molecule has 0 aromatic rings. The predicted molar refractivity (Wildman–Crippen MR) is 292 cm³/mol. The summed E-state index contributed by atoms with van der Waals surface area (Å²) in [6.45, 7) is 4.96. The van der Waals surface area contributed by atoms with Crippen LogP contribution in [0, 0.1) is 0 Å². The molecular formula is C61H121NO5. The number of aliphatic hydroxyl groups is 2. The maximum Gasteiger partial charge on any atom is 0.305 e. The Morgan fingerprint density at radius 3 is 0.910 bits per heavy atom. The Labute approximate surface area is 419 Å². The van der Waals surface area contributed by atoms with Crippen molar-refractivity contribution in [1.82, 2.24) is 5.32 Å². The molecule has 0 heterocycles. The molecule has 0 radical (unpaired) electrons. The number of aliphatic hydroxyl groups excluding tert-OH is 2. The largest absolute Gasteiger partial charge is 0.466 e. The summed E-state index contributed by atoms with van der Waals surface area (Å²) in [6, 6.07) is -0.553. The molecule has 2 atom stereocenters. The molecule has 0 aliphatic carbocycles. The lowest BCUT2D eigenvalue weighted by molar-refractivity contribution is -0.143. The predicted octanol–water partition coefficient (Wildman–Crippen LogP) is 19.1. The lowest BCUT2D eigenvalue weighted by atomic mass is 10.0. The van der Waals surface area contributed by atoms with Gasteiger partial charge in [0.15, 0.2) is 0 Å². The van der Waals surface area contributed by atoms with Crippen LogP contribution in [0.4, 0.5) is 0 Å². The van der Waals surface area contributed by atoms with Gasteiger partial charge in [0.1, 0.15) is 0 Å². The third-order valence-electron chi connectivity index (χ3n) is 14.7. The average molecular weight is 949 g/mol. The van der Waals surface area contributed by atoms with Gasteiger partial charge in [-0.15, -0.1) is 0 Å². The van der Waals surface area contributed by atoms with Gasteiger partial charge >= 0.3 is 5.97 Å². The lowest BCUT2D eigenvalue weighted by Crippen LogP contribution is -2.45. The molecule has 0 saturated heterocycles. The highest BCUT2D eigenvalue weighted by Crippen LogP contribution is 2.18. The highest BCUT2D eigenvalue weighted by atomic mass is 16.5. The van der Waals surface area contributed by atoms with Crippen molar-refractivity contribution in [3.63, 3.8) is 0 Å². The van der Waals surface area contributed by atoms with Crippen LogP contribution in [0.3, 0.4) is 0 Å². The summed E-state index contributed by atoms with van der Waals surface area (Å²) < 4.78 is 5.48. The van der Waals surface area contributed by atoms with E-state index in [1.54, 1.807) is 0 Å². The molecule has 2 unspecified atom stereocenters. The summed E-state index contributed by atoms with van der Waals surface area (Å²) in [7, 11) is 0. The fraction of sp³-hybridized carbons (Fsp3) is 0.967. The van der Waals surface area contributed by atoms with E-state index in [0.717, 1.165) is 57.8 Å². The quantitative estimate of drug-likeness (QED) is 0.0417. The molecule has 6 nitrogen and oxygen atoms in total. The van der Waals surface area contributed by atoms with Crippen LogP contribution in [0.1, 0.15) is 354 Å². The molecule has 0 fully saturated rings. The second kappa shape index (κ2) is 57.4. The molecule has 0 aromatic carbocycles. The van der Waals surface area contributed by atoms with Crippen molar-refractivity contribution in [1.29, 1.82) is 0 Å². The third-order valence-corrected chi connectivity index (χ3v) is 14.7. The van der Waals surface area contributed by atoms with Crippen LogP contribution in [-0.4, -0.2) is 47.4 Å². The highest BCUT2D eigenvalue weighted by molar-refractivity contribution is 5.76. The molecule has 1 amide bonds. The van der Waals surface area contributed by atoms with Crippen molar-refractivity contribution in [2.45, 2.75) is 366 Å². The maximum absolute atomic E-state index is 12.5. The molecule has 67 heavy (non-hydrogen) atoms. The van der Waals surface area contributed by atoms with Crippen molar-refractivity contribution in [2.75, 3.05) is 13.2 Å². The smallest absolute Gasteiger partial charge is 0.305 e. The van der Waals surface area contributed by atoms with Gasteiger partial charge in [0.25, 0.3) is 0 Å². The molecule has 3 N–H and O–H groups in total. The van der Waals surface area contributed by atoms with Crippen molar-refractivity contribution in [3.8, 4) is 0 Å². The molecule has 6 heteroatoms. The maximum atomic E-state index is 12.5. The van der Waals surface area contributed by atoms with Crippen LogP contribution in [-0.2, 0) is 14.3 Å². The Bertz CT molecular complexity index is 959. The number of amides is 1. The molecule has 0 saturated carbocycles. The summed E-state index contributed by atoms with van der Waals surface area (Å²) in [4.78, 5) is 24.6. The van der Waals surface area contributed by atoms with E-state index in [0.29, 0.717) is 25.9 Å². The summed E-state index contributed by atoms with van der Waals surface area (Å²) >= 11 is 0. The number of hydrogen-bond acceptors (Lipinski definition) is 5. The van der Waals surface area contributed by atoms with E-state index in [-0.39, 0.29) is 18.5 Å². The number of esters is 1. The van der Waals surface area contributed by atoms with Gasteiger partial charge in [-0.05, 0) is 25.7 Å². The first-order valence-electron chi connectivity index (χ1n) is 30.8. The van der Waals surface area contributed by atoms with Crippen molar-refractivity contribution in [2.24, 2.45) is 0 Å². The zero-order valence-corrected chi connectivity index (χ0v) is 45.7. The Balaban J connectivity index is 3.43. The van der Waals surface area contributed by atoms with E-state index >= 15 is 0 Å². The van der Waals surface area contributed by atoms with E-state index in [2.05, 4.69) is 19.2 Å². The second-order valence-electron chi connectivity index (χ2n) is 21.4. The number of carbonyl (C=O) groups excluding carboxylic acids is 2. The van der Waals surface area contributed by atoms with Gasteiger partial charge in [-0.3, -0.25) is 9.59 Å². The molecule has 0 aliphatic rings. The SMILES string of the molecule is CCCCCCCCCCCCCCCCCCCCCCCCCC(O)C(CO)NC(=O)CCCCCCCCCCCCCCOC(=O)CCCCCCCCCCCCCCCCC. The van der Waals surface area contributed by atoms with Gasteiger partial charge < -0.3 is 20.3 Å². The first-order valence-corrected chi connectivity index (χ1v) is 30.8. The normalized spacial score (nSPS) is 12.5. The number of unbranched alkanes of at least 4 members (excludes halogenated alkanes) is 47. The summed E-state index contributed by atoms with van der Waals surface area (Å²) in [6.07, 6.45) is 66.7. The van der Waals surface area contributed by atoms with Gasteiger partial charge in [0, 0.05) is 12.8 Å². The Morgan fingerprint density at radius 2 is 0.612 bits per heavy atom. The first-order chi connectivity index (χ1) is 33.0. The Hall–Kier alpha value is -1.14. The third kappa shape index (κ3) is 54.0. The van der Waals surface area contributed by atoms with E-state index in [1.165, 1.54) is 263 Å². The minimum absolute atomic E-state index is 0.00463. The van der Waals surface area contributed by atoms with Crippen molar-refractivity contribution in [3.05, 3.63) is 0 Å². The summed E-state index contributed by atoms with van der Waals surface area (Å²) in [5.74, 6) is -0.0500. The summed E-state index contributed by atoms with van der Waals surface area (Å²) in [5.41, 5.74) is 0. The molecule has 0 bridgehead atoms.